The molecule has 3 rings (SSSR count). The summed E-state index contributed by atoms with van der Waals surface area (Å²) in [6, 6.07) is 2.17. The third-order valence-corrected chi connectivity index (χ3v) is 4.14. The first-order valence-corrected chi connectivity index (χ1v) is 6.63. The number of allylic oxidation sites excluding steroid dienone is 2. The molecule has 1 fully saturated rings. The van der Waals surface area contributed by atoms with E-state index in [9.17, 15) is 0 Å². The SMILES string of the molecule is Brc1cncc(C2=CC[C@H]3CNC[C@H]3C2)c1. The first-order chi connectivity index (χ1) is 7.83. The second-order valence-electron chi connectivity index (χ2n) is 4.74. The summed E-state index contributed by atoms with van der Waals surface area (Å²) in [7, 11) is 0. The van der Waals surface area contributed by atoms with Gasteiger partial charge in [0.15, 0.2) is 0 Å². The highest BCUT2D eigenvalue weighted by Gasteiger charge is 2.30. The highest BCUT2D eigenvalue weighted by Crippen LogP contribution is 2.36. The van der Waals surface area contributed by atoms with E-state index in [0.717, 1.165) is 16.3 Å². The van der Waals surface area contributed by atoms with E-state index in [1.165, 1.54) is 37.1 Å². The van der Waals surface area contributed by atoms with Crippen molar-refractivity contribution >= 4 is 21.5 Å². The second-order valence-corrected chi connectivity index (χ2v) is 5.66. The van der Waals surface area contributed by atoms with Crippen LogP contribution < -0.4 is 5.32 Å². The fraction of sp³-hybridized carbons (Fsp3) is 0.462. The number of nitrogens with zero attached hydrogens (tertiary/aromatic N) is 1. The van der Waals surface area contributed by atoms with Gasteiger partial charge in [-0.1, -0.05) is 6.08 Å². The second kappa shape index (κ2) is 4.30. The molecule has 0 unspecified atom stereocenters. The molecular formula is C13H15BrN2. The summed E-state index contributed by atoms with van der Waals surface area (Å²) in [5.41, 5.74) is 2.75. The molecule has 1 aliphatic carbocycles. The van der Waals surface area contributed by atoms with E-state index in [1.54, 1.807) is 0 Å². The van der Waals surface area contributed by atoms with Gasteiger partial charge < -0.3 is 5.32 Å². The molecule has 0 spiro atoms. The summed E-state index contributed by atoms with van der Waals surface area (Å²) < 4.78 is 1.07. The number of hydrogen-bond donors (Lipinski definition) is 1. The standard InChI is InChI=1S/C13H15BrN2/c14-13-4-12(7-16-8-13)9-1-2-10-5-15-6-11(10)3-9/h1,4,7-8,10-11,15H,2-3,5-6H2/t10-,11+/m0/s1. The van der Waals surface area contributed by atoms with Crippen LogP contribution in [0.1, 0.15) is 18.4 Å². The number of nitrogens with one attached hydrogen (secondary N) is 1. The molecule has 1 aromatic heterocycles. The van der Waals surface area contributed by atoms with E-state index >= 15 is 0 Å². The number of rotatable bonds is 1. The van der Waals surface area contributed by atoms with Gasteiger partial charge in [0.2, 0.25) is 0 Å². The highest BCUT2D eigenvalue weighted by molar-refractivity contribution is 9.10. The van der Waals surface area contributed by atoms with Crippen molar-refractivity contribution in [2.75, 3.05) is 13.1 Å². The molecule has 1 saturated heterocycles. The Hall–Kier alpha value is -0.670. The predicted molar refractivity (Wildman–Crippen MR) is 69.0 cm³/mol. The zero-order valence-electron chi connectivity index (χ0n) is 9.12. The Bertz CT molecular complexity index is 428. The van der Waals surface area contributed by atoms with Gasteiger partial charge in [-0.05, 0) is 70.9 Å². The van der Waals surface area contributed by atoms with Crippen molar-refractivity contribution in [3.63, 3.8) is 0 Å². The molecule has 1 aromatic rings. The van der Waals surface area contributed by atoms with E-state index in [0.29, 0.717) is 0 Å². The Kier molecular flexibility index (Phi) is 2.82. The van der Waals surface area contributed by atoms with Crippen LogP contribution in [0.25, 0.3) is 5.57 Å². The number of fused-ring (bicyclic) bond motifs is 1. The monoisotopic (exact) mass is 278 g/mol. The molecule has 0 radical (unpaired) electrons. The van der Waals surface area contributed by atoms with Gasteiger partial charge in [-0.3, -0.25) is 4.98 Å². The van der Waals surface area contributed by atoms with Gasteiger partial charge in [0.05, 0.1) is 0 Å². The lowest BCUT2D eigenvalue weighted by molar-refractivity contribution is 0.418. The Morgan fingerprint density at radius 3 is 3.00 bits per heavy atom. The van der Waals surface area contributed by atoms with Crippen LogP contribution in [0.5, 0.6) is 0 Å². The van der Waals surface area contributed by atoms with Crippen molar-refractivity contribution in [2.45, 2.75) is 12.8 Å². The molecule has 2 nitrogen and oxygen atoms in total. The Morgan fingerprint density at radius 1 is 1.25 bits per heavy atom. The van der Waals surface area contributed by atoms with Gasteiger partial charge in [-0.25, -0.2) is 0 Å². The van der Waals surface area contributed by atoms with Gasteiger partial charge >= 0.3 is 0 Å². The minimum absolute atomic E-state index is 0.832. The first-order valence-electron chi connectivity index (χ1n) is 5.83. The molecule has 0 aromatic carbocycles. The Balaban J connectivity index is 1.85. The smallest absolute Gasteiger partial charge is 0.0410 e. The third-order valence-electron chi connectivity index (χ3n) is 3.70. The third kappa shape index (κ3) is 1.94. The van der Waals surface area contributed by atoms with Crippen molar-refractivity contribution < 1.29 is 0 Å². The summed E-state index contributed by atoms with van der Waals surface area (Å²) in [6.45, 7) is 2.38. The van der Waals surface area contributed by atoms with E-state index < -0.39 is 0 Å². The van der Waals surface area contributed by atoms with E-state index in [2.05, 4.69) is 38.4 Å². The van der Waals surface area contributed by atoms with Crippen LogP contribution in [-0.4, -0.2) is 18.1 Å². The van der Waals surface area contributed by atoms with Gasteiger partial charge in [0, 0.05) is 16.9 Å². The zero-order chi connectivity index (χ0) is 11.0. The zero-order valence-corrected chi connectivity index (χ0v) is 10.7. The van der Waals surface area contributed by atoms with Crippen LogP contribution >= 0.6 is 15.9 Å². The molecule has 84 valence electrons. The highest BCUT2D eigenvalue weighted by atomic mass is 79.9. The molecule has 0 bridgehead atoms. The first kappa shape index (κ1) is 10.5. The average molecular weight is 279 g/mol. The summed E-state index contributed by atoms with van der Waals surface area (Å²) in [6.07, 6.45) is 8.64. The van der Waals surface area contributed by atoms with Crippen molar-refractivity contribution in [3.05, 3.63) is 34.6 Å². The van der Waals surface area contributed by atoms with Crippen molar-refractivity contribution in [2.24, 2.45) is 11.8 Å². The van der Waals surface area contributed by atoms with Crippen LogP contribution in [0.2, 0.25) is 0 Å². The lowest BCUT2D eigenvalue weighted by atomic mass is 9.80. The van der Waals surface area contributed by atoms with Crippen LogP contribution in [0.3, 0.4) is 0 Å². The molecule has 2 atom stereocenters. The molecule has 1 N–H and O–H groups in total. The average Bonchev–Trinajstić information content (AvgIpc) is 2.75. The van der Waals surface area contributed by atoms with Gasteiger partial charge in [0.1, 0.15) is 0 Å². The van der Waals surface area contributed by atoms with Crippen molar-refractivity contribution in [3.8, 4) is 0 Å². The van der Waals surface area contributed by atoms with Crippen LogP contribution in [0.4, 0.5) is 0 Å². The molecule has 1 aliphatic heterocycles. The topological polar surface area (TPSA) is 24.9 Å². The number of aromatic nitrogens is 1. The number of hydrogen-bond acceptors (Lipinski definition) is 2. The van der Waals surface area contributed by atoms with E-state index in [1.807, 2.05) is 12.4 Å². The molecule has 3 heteroatoms. The van der Waals surface area contributed by atoms with Gasteiger partial charge in [-0.2, -0.15) is 0 Å². The lowest BCUT2D eigenvalue weighted by Crippen LogP contribution is -2.16. The van der Waals surface area contributed by atoms with Gasteiger partial charge in [-0.15, -0.1) is 0 Å². The summed E-state index contributed by atoms with van der Waals surface area (Å²) in [5.74, 6) is 1.70. The van der Waals surface area contributed by atoms with Crippen LogP contribution in [-0.2, 0) is 0 Å². The quantitative estimate of drug-likeness (QED) is 0.855. The van der Waals surface area contributed by atoms with Crippen molar-refractivity contribution in [1.82, 2.24) is 10.3 Å². The molecule has 0 amide bonds. The lowest BCUT2D eigenvalue weighted by Gasteiger charge is -2.24. The summed E-state index contributed by atoms with van der Waals surface area (Å²) in [4.78, 5) is 4.24. The maximum Gasteiger partial charge on any atom is 0.0410 e. The minimum atomic E-state index is 0.832. The fourth-order valence-electron chi connectivity index (χ4n) is 2.78. The molecule has 16 heavy (non-hydrogen) atoms. The summed E-state index contributed by atoms with van der Waals surface area (Å²) in [5, 5.41) is 3.49. The Labute approximate surface area is 104 Å². The van der Waals surface area contributed by atoms with E-state index in [-0.39, 0.29) is 0 Å². The fourth-order valence-corrected chi connectivity index (χ4v) is 3.15. The van der Waals surface area contributed by atoms with Crippen LogP contribution in [0.15, 0.2) is 29.0 Å². The summed E-state index contributed by atoms with van der Waals surface area (Å²) >= 11 is 3.48. The normalized spacial score (nSPS) is 28.7. The number of pyridine rings is 1. The van der Waals surface area contributed by atoms with Crippen molar-refractivity contribution in [1.29, 1.82) is 0 Å². The molecular weight excluding hydrogens is 264 g/mol. The molecule has 2 aliphatic rings. The van der Waals surface area contributed by atoms with E-state index in [4.69, 9.17) is 0 Å². The molecule has 2 heterocycles. The van der Waals surface area contributed by atoms with Crippen LogP contribution in [0, 0.1) is 11.8 Å². The largest absolute Gasteiger partial charge is 0.316 e. The number of halogens is 1. The predicted octanol–water partition coefficient (Wildman–Crippen LogP) is 2.86. The maximum atomic E-state index is 4.24. The minimum Gasteiger partial charge on any atom is -0.316 e. The maximum absolute atomic E-state index is 4.24. The Morgan fingerprint density at radius 2 is 2.12 bits per heavy atom. The van der Waals surface area contributed by atoms with Gasteiger partial charge in [0.25, 0.3) is 0 Å². The molecule has 0 saturated carbocycles.